The van der Waals surface area contributed by atoms with Crippen molar-refractivity contribution >= 4 is 5.91 Å². The standard InChI is InChI=1S/C13H27N3O/c1-10-9-16(5)7-6-11(10)14-8-12(17)15-13(2,3)4/h10-11,14H,6-9H2,1-5H3,(H,15,17). The van der Waals surface area contributed by atoms with Crippen molar-refractivity contribution in [1.29, 1.82) is 0 Å². The Kier molecular flexibility index (Phi) is 4.95. The summed E-state index contributed by atoms with van der Waals surface area (Å²) in [6.45, 7) is 10.9. The second kappa shape index (κ2) is 5.83. The Bertz CT molecular complexity index is 260. The van der Waals surface area contributed by atoms with E-state index in [9.17, 15) is 4.79 Å². The average molecular weight is 241 g/mol. The van der Waals surface area contributed by atoms with Crippen LogP contribution in [0.1, 0.15) is 34.1 Å². The van der Waals surface area contributed by atoms with Gasteiger partial charge in [0.2, 0.25) is 5.91 Å². The first-order valence-electron chi connectivity index (χ1n) is 6.51. The van der Waals surface area contributed by atoms with Crippen molar-refractivity contribution in [3.63, 3.8) is 0 Å². The lowest BCUT2D eigenvalue weighted by Gasteiger charge is -2.35. The molecule has 0 bridgehead atoms. The van der Waals surface area contributed by atoms with E-state index in [4.69, 9.17) is 0 Å². The van der Waals surface area contributed by atoms with Gasteiger partial charge in [-0.05, 0) is 46.7 Å². The van der Waals surface area contributed by atoms with Crippen molar-refractivity contribution < 1.29 is 4.79 Å². The van der Waals surface area contributed by atoms with Crippen LogP contribution in [-0.4, -0.2) is 49.1 Å². The summed E-state index contributed by atoms with van der Waals surface area (Å²) in [7, 11) is 2.15. The minimum absolute atomic E-state index is 0.0867. The zero-order valence-corrected chi connectivity index (χ0v) is 11.8. The zero-order valence-electron chi connectivity index (χ0n) is 11.8. The summed E-state index contributed by atoms with van der Waals surface area (Å²) in [5.74, 6) is 0.694. The molecule has 1 heterocycles. The molecule has 0 aromatic heterocycles. The highest BCUT2D eigenvalue weighted by Crippen LogP contribution is 2.14. The summed E-state index contributed by atoms with van der Waals surface area (Å²) in [4.78, 5) is 14.0. The van der Waals surface area contributed by atoms with E-state index in [1.807, 2.05) is 20.8 Å². The molecule has 2 atom stereocenters. The van der Waals surface area contributed by atoms with E-state index in [1.54, 1.807) is 0 Å². The molecule has 100 valence electrons. The Morgan fingerprint density at radius 2 is 2.06 bits per heavy atom. The first kappa shape index (κ1) is 14.5. The van der Waals surface area contributed by atoms with Crippen LogP contribution in [0.3, 0.4) is 0 Å². The molecule has 0 aromatic carbocycles. The van der Waals surface area contributed by atoms with Gasteiger partial charge < -0.3 is 15.5 Å². The van der Waals surface area contributed by atoms with Gasteiger partial charge in [0.1, 0.15) is 0 Å². The number of rotatable bonds is 3. The number of hydrogen-bond donors (Lipinski definition) is 2. The molecule has 0 spiro atoms. The van der Waals surface area contributed by atoms with E-state index < -0.39 is 0 Å². The lowest BCUT2D eigenvalue weighted by molar-refractivity contribution is -0.121. The van der Waals surface area contributed by atoms with Gasteiger partial charge in [0.05, 0.1) is 6.54 Å². The molecule has 1 rings (SSSR count). The van der Waals surface area contributed by atoms with Crippen LogP contribution in [0.5, 0.6) is 0 Å². The maximum Gasteiger partial charge on any atom is 0.234 e. The van der Waals surface area contributed by atoms with Gasteiger partial charge in [0.25, 0.3) is 0 Å². The van der Waals surface area contributed by atoms with Gasteiger partial charge in [0, 0.05) is 18.1 Å². The molecule has 0 aliphatic carbocycles. The van der Waals surface area contributed by atoms with Gasteiger partial charge in [-0.15, -0.1) is 0 Å². The van der Waals surface area contributed by atoms with Crippen LogP contribution in [0.15, 0.2) is 0 Å². The second-order valence-corrected chi connectivity index (χ2v) is 6.31. The molecule has 1 fully saturated rings. The van der Waals surface area contributed by atoms with Gasteiger partial charge in [-0.25, -0.2) is 0 Å². The van der Waals surface area contributed by atoms with Crippen molar-refractivity contribution in [2.24, 2.45) is 5.92 Å². The molecule has 1 saturated heterocycles. The fourth-order valence-electron chi connectivity index (χ4n) is 2.34. The summed E-state index contributed by atoms with van der Waals surface area (Å²) in [5.41, 5.74) is -0.142. The molecule has 2 unspecified atom stereocenters. The number of carbonyl (C=O) groups is 1. The van der Waals surface area contributed by atoms with Gasteiger partial charge in [0.15, 0.2) is 0 Å². The number of nitrogens with one attached hydrogen (secondary N) is 2. The number of hydrogen-bond acceptors (Lipinski definition) is 3. The van der Waals surface area contributed by atoms with Crippen LogP contribution < -0.4 is 10.6 Å². The highest BCUT2D eigenvalue weighted by molar-refractivity contribution is 5.78. The fourth-order valence-corrected chi connectivity index (χ4v) is 2.34. The van der Waals surface area contributed by atoms with Gasteiger partial charge in [-0.3, -0.25) is 4.79 Å². The molecule has 4 nitrogen and oxygen atoms in total. The molecule has 1 aliphatic heterocycles. The van der Waals surface area contributed by atoms with E-state index in [0.717, 1.165) is 19.5 Å². The predicted molar refractivity (Wildman–Crippen MR) is 71.0 cm³/mol. The van der Waals surface area contributed by atoms with E-state index in [0.29, 0.717) is 18.5 Å². The van der Waals surface area contributed by atoms with Gasteiger partial charge >= 0.3 is 0 Å². The molecule has 17 heavy (non-hydrogen) atoms. The second-order valence-electron chi connectivity index (χ2n) is 6.31. The number of likely N-dealkylation sites (tertiary alicyclic amines) is 1. The number of amides is 1. The predicted octanol–water partition coefficient (Wildman–Crippen LogP) is 0.831. The molecule has 0 aromatic rings. The maximum absolute atomic E-state index is 11.7. The monoisotopic (exact) mass is 241 g/mol. The molecule has 1 amide bonds. The van der Waals surface area contributed by atoms with Crippen molar-refractivity contribution in [2.45, 2.75) is 45.7 Å². The summed E-state index contributed by atoms with van der Waals surface area (Å²) in [6, 6.07) is 0.469. The SMILES string of the molecule is CC1CN(C)CCC1NCC(=O)NC(C)(C)C. The van der Waals surface area contributed by atoms with Crippen molar-refractivity contribution in [3.05, 3.63) is 0 Å². The van der Waals surface area contributed by atoms with Gasteiger partial charge in [-0.2, -0.15) is 0 Å². The van der Waals surface area contributed by atoms with Crippen LogP contribution in [0.4, 0.5) is 0 Å². The van der Waals surface area contributed by atoms with Crippen molar-refractivity contribution in [2.75, 3.05) is 26.7 Å². The van der Waals surface area contributed by atoms with Crippen LogP contribution >= 0.6 is 0 Å². The lowest BCUT2D eigenvalue weighted by atomic mass is 9.94. The van der Waals surface area contributed by atoms with Gasteiger partial charge in [-0.1, -0.05) is 6.92 Å². The fraction of sp³-hybridized carbons (Fsp3) is 0.923. The normalized spacial score (nSPS) is 26.9. The van der Waals surface area contributed by atoms with Crippen molar-refractivity contribution in [3.8, 4) is 0 Å². The Hall–Kier alpha value is -0.610. The van der Waals surface area contributed by atoms with E-state index in [-0.39, 0.29) is 11.4 Å². The summed E-state index contributed by atoms with van der Waals surface area (Å²) in [5, 5.41) is 6.35. The highest BCUT2D eigenvalue weighted by Gasteiger charge is 2.24. The van der Waals surface area contributed by atoms with Crippen molar-refractivity contribution in [1.82, 2.24) is 15.5 Å². The number of piperidine rings is 1. The molecular formula is C13H27N3O. The zero-order chi connectivity index (χ0) is 13.1. The summed E-state index contributed by atoms with van der Waals surface area (Å²) < 4.78 is 0. The van der Waals surface area contributed by atoms with E-state index in [2.05, 4.69) is 29.5 Å². The Morgan fingerprint density at radius 3 is 2.59 bits per heavy atom. The minimum Gasteiger partial charge on any atom is -0.350 e. The molecular weight excluding hydrogens is 214 g/mol. The number of nitrogens with zero attached hydrogens (tertiary/aromatic N) is 1. The van der Waals surface area contributed by atoms with E-state index >= 15 is 0 Å². The first-order chi connectivity index (χ1) is 7.78. The average Bonchev–Trinajstić information content (AvgIpc) is 2.13. The number of carbonyl (C=O) groups excluding carboxylic acids is 1. The molecule has 4 heteroatoms. The topological polar surface area (TPSA) is 44.4 Å². The van der Waals surface area contributed by atoms with E-state index in [1.165, 1.54) is 0 Å². The Morgan fingerprint density at radius 1 is 1.41 bits per heavy atom. The minimum atomic E-state index is -0.142. The quantitative estimate of drug-likeness (QED) is 0.769. The Labute approximate surface area is 105 Å². The molecule has 1 aliphatic rings. The molecule has 2 N–H and O–H groups in total. The smallest absolute Gasteiger partial charge is 0.234 e. The molecule has 0 radical (unpaired) electrons. The largest absolute Gasteiger partial charge is 0.350 e. The first-order valence-corrected chi connectivity index (χ1v) is 6.51. The Balaban J connectivity index is 2.28. The van der Waals surface area contributed by atoms with Crippen LogP contribution in [-0.2, 0) is 4.79 Å². The maximum atomic E-state index is 11.7. The van der Waals surface area contributed by atoms with Crippen LogP contribution in [0.2, 0.25) is 0 Å². The third-order valence-electron chi connectivity index (χ3n) is 3.15. The molecule has 0 saturated carbocycles. The third kappa shape index (κ3) is 5.50. The lowest BCUT2D eigenvalue weighted by Crippen LogP contribution is -2.51. The summed E-state index contributed by atoms with van der Waals surface area (Å²) in [6.07, 6.45) is 1.13. The highest BCUT2D eigenvalue weighted by atomic mass is 16.2. The summed E-state index contributed by atoms with van der Waals surface area (Å²) >= 11 is 0. The van der Waals surface area contributed by atoms with Crippen LogP contribution in [0, 0.1) is 5.92 Å². The third-order valence-corrected chi connectivity index (χ3v) is 3.15. The van der Waals surface area contributed by atoms with Crippen LogP contribution in [0.25, 0.3) is 0 Å².